The molecule has 1 N–H and O–H groups in total. The Morgan fingerprint density at radius 3 is 2.43 bits per heavy atom. The van der Waals surface area contributed by atoms with Gasteiger partial charge >= 0.3 is 0 Å². The second-order valence-electron chi connectivity index (χ2n) is 6.31. The van der Waals surface area contributed by atoms with Gasteiger partial charge in [0.25, 0.3) is 0 Å². The van der Waals surface area contributed by atoms with Crippen molar-refractivity contribution in [3.63, 3.8) is 0 Å². The monoisotopic (exact) mass is 289 g/mol. The van der Waals surface area contributed by atoms with Crippen molar-refractivity contribution in [2.24, 2.45) is 0 Å². The van der Waals surface area contributed by atoms with E-state index < -0.39 is 0 Å². The Bertz CT molecular complexity index is 409. The molecule has 1 aromatic carbocycles. The van der Waals surface area contributed by atoms with E-state index in [2.05, 4.69) is 67.1 Å². The number of likely N-dealkylation sites (N-methyl/N-ethyl adjacent to an activating group) is 1. The Labute approximate surface area is 130 Å². The van der Waals surface area contributed by atoms with Crippen LogP contribution in [0.1, 0.15) is 39.7 Å². The number of nitrogens with zero attached hydrogens (tertiary/aromatic N) is 2. The molecule has 118 valence electrons. The van der Waals surface area contributed by atoms with Gasteiger partial charge in [0.2, 0.25) is 0 Å². The van der Waals surface area contributed by atoms with Crippen LogP contribution in [-0.2, 0) is 6.54 Å². The zero-order valence-corrected chi connectivity index (χ0v) is 14.1. The summed E-state index contributed by atoms with van der Waals surface area (Å²) in [6, 6.07) is 10.3. The third-order valence-corrected chi connectivity index (χ3v) is 4.51. The fourth-order valence-electron chi connectivity index (χ4n) is 3.16. The first-order valence-corrected chi connectivity index (χ1v) is 8.45. The van der Waals surface area contributed by atoms with Crippen LogP contribution < -0.4 is 10.2 Å². The number of nitrogens with one attached hydrogen (secondary N) is 1. The van der Waals surface area contributed by atoms with Crippen molar-refractivity contribution < 1.29 is 0 Å². The van der Waals surface area contributed by atoms with Crippen molar-refractivity contribution in [1.82, 2.24) is 10.2 Å². The Kier molecular flexibility index (Phi) is 6.07. The smallest absolute Gasteiger partial charge is 0.0366 e. The van der Waals surface area contributed by atoms with Gasteiger partial charge in [0.05, 0.1) is 0 Å². The van der Waals surface area contributed by atoms with Crippen molar-refractivity contribution in [3.8, 4) is 0 Å². The van der Waals surface area contributed by atoms with Gasteiger partial charge in [-0.1, -0.05) is 39.8 Å². The average molecular weight is 289 g/mol. The average Bonchev–Trinajstić information content (AvgIpc) is 2.97. The summed E-state index contributed by atoms with van der Waals surface area (Å²) >= 11 is 0. The molecule has 0 spiro atoms. The lowest BCUT2D eigenvalue weighted by Gasteiger charge is -2.26. The van der Waals surface area contributed by atoms with E-state index in [-0.39, 0.29) is 0 Å². The largest absolute Gasteiger partial charge is 0.370 e. The van der Waals surface area contributed by atoms with Crippen LogP contribution in [-0.4, -0.2) is 43.2 Å². The van der Waals surface area contributed by atoms with Crippen LogP contribution in [0.2, 0.25) is 0 Å². The lowest BCUT2D eigenvalue weighted by Crippen LogP contribution is -2.37. The molecule has 1 aliphatic heterocycles. The van der Waals surface area contributed by atoms with E-state index in [0.717, 1.165) is 25.7 Å². The minimum atomic E-state index is 0.540. The quantitative estimate of drug-likeness (QED) is 0.832. The van der Waals surface area contributed by atoms with E-state index >= 15 is 0 Å². The van der Waals surface area contributed by atoms with Crippen molar-refractivity contribution in [1.29, 1.82) is 0 Å². The summed E-state index contributed by atoms with van der Waals surface area (Å²) in [6.07, 6.45) is 1.29. The molecule has 1 heterocycles. The third kappa shape index (κ3) is 4.45. The summed E-state index contributed by atoms with van der Waals surface area (Å²) in [5.41, 5.74) is 2.74. The van der Waals surface area contributed by atoms with Gasteiger partial charge in [-0.25, -0.2) is 0 Å². The van der Waals surface area contributed by atoms with Gasteiger partial charge in [0, 0.05) is 37.4 Å². The molecular formula is C18H31N3. The molecule has 1 aromatic rings. The fraction of sp³-hybridized carbons (Fsp3) is 0.667. The van der Waals surface area contributed by atoms with Crippen molar-refractivity contribution in [2.75, 3.05) is 31.1 Å². The number of benzene rings is 1. The Balaban J connectivity index is 1.91. The molecule has 3 nitrogen and oxygen atoms in total. The zero-order valence-electron chi connectivity index (χ0n) is 14.1. The van der Waals surface area contributed by atoms with Gasteiger partial charge < -0.3 is 10.2 Å². The normalized spacial score (nSPS) is 19.0. The van der Waals surface area contributed by atoms with Gasteiger partial charge in [-0.05, 0) is 37.2 Å². The summed E-state index contributed by atoms with van der Waals surface area (Å²) in [6.45, 7) is 14.5. The first-order chi connectivity index (χ1) is 10.1. The van der Waals surface area contributed by atoms with Crippen LogP contribution in [0.3, 0.4) is 0 Å². The number of hydrogen-bond donors (Lipinski definition) is 1. The molecule has 1 atom stereocenters. The maximum Gasteiger partial charge on any atom is 0.0366 e. The van der Waals surface area contributed by atoms with Gasteiger partial charge in [-0.15, -0.1) is 0 Å². The van der Waals surface area contributed by atoms with Crippen LogP contribution in [0.25, 0.3) is 0 Å². The summed E-state index contributed by atoms with van der Waals surface area (Å²) < 4.78 is 0. The Morgan fingerprint density at radius 1 is 1.19 bits per heavy atom. The van der Waals surface area contributed by atoms with Gasteiger partial charge in [-0.2, -0.15) is 0 Å². The van der Waals surface area contributed by atoms with Crippen LogP contribution in [0.4, 0.5) is 5.69 Å². The molecule has 0 bridgehead atoms. The molecule has 1 aliphatic rings. The second-order valence-corrected chi connectivity index (χ2v) is 6.31. The number of anilines is 1. The minimum absolute atomic E-state index is 0.540. The summed E-state index contributed by atoms with van der Waals surface area (Å²) in [7, 11) is 0. The molecule has 1 unspecified atom stereocenters. The van der Waals surface area contributed by atoms with E-state index in [4.69, 9.17) is 0 Å². The maximum absolute atomic E-state index is 3.47. The Hall–Kier alpha value is -1.06. The highest BCUT2D eigenvalue weighted by atomic mass is 15.2. The molecule has 3 heteroatoms. The van der Waals surface area contributed by atoms with Crippen molar-refractivity contribution in [2.45, 2.75) is 52.7 Å². The zero-order chi connectivity index (χ0) is 15.2. The third-order valence-electron chi connectivity index (χ3n) is 4.51. The molecule has 21 heavy (non-hydrogen) atoms. The van der Waals surface area contributed by atoms with Gasteiger partial charge in [0.1, 0.15) is 0 Å². The van der Waals surface area contributed by atoms with Crippen molar-refractivity contribution in [3.05, 3.63) is 29.8 Å². The first kappa shape index (κ1) is 16.3. The highest BCUT2D eigenvalue weighted by Crippen LogP contribution is 2.23. The lowest BCUT2D eigenvalue weighted by atomic mass is 10.2. The van der Waals surface area contributed by atoms with E-state index in [1.165, 1.54) is 30.8 Å². The molecule has 1 saturated heterocycles. The minimum Gasteiger partial charge on any atom is -0.370 e. The fourth-order valence-corrected chi connectivity index (χ4v) is 3.16. The number of rotatable bonds is 7. The summed E-state index contributed by atoms with van der Waals surface area (Å²) in [4.78, 5) is 5.11. The number of hydrogen-bond acceptors (Lipinski definition) is 3. The molecule has 0 amide bonds. The van der Waals surface area contributed by atoms with Crippen LogP contribution in [0.5, 0.6) is 0 Å². The van der Waals surface area contributed by atoms with E-state index in [0.29, 0.717) is 6.04 Å². The van der Waals surface area contributed by atoms with E-state index in [9.17, 15) is 0 Å². The van der Waals surface area contributed by atoms with Crippen LogP contribution >= 0.6 is 0 Å². The van der Waals surface area contributed by atoms with Gasteiger partial charge in [-0.3, -0.25) is 4.90 Å². The standard InChI is InChI=1S/C18H31N3/c1-5-20(6-2)18-11-12-21(14-18)17-9-7-16(8-10-17)13-19-15(3)4/h7-10,15,18-19H,5-6,11-14H2,1-4H3. The highest BCUT2D eigenvalue weighted by molar-refractivity contribution is 5.48. The van der Waals surface area contributed by atoms with Crippen LogP contribution in [0, 0.1) is 0 Å². The van der Waals surface area contributed by atoms with Crippen LogP contribution in [0.15, 0.2) is 24.3 Å². The summed E-state index contributed by atoms with van der Waals surface area (Å²) in [5, 5.41) is 3.47. The van der Waals surface area contributed by atoms with E-state index in [1.807, 2.05) is 0 Å². The predicted molar refractivity (Wildman–Crippen MR) is 92.0 cm³/mol. The second kappa shape index (κ2) is 7.81. The molecule has 1 fully saturated rings. The molecule has 0 aliphatic carbocycles. The maximum atomic E-state index is 3.47. The van der Waals surface area contributed by atoms with Gasteiger partial charge in [0.15, 0.2) is 0 Å². The SMILES string of the molecule is CCN(CC)C1CCN(c2ccc(CNC(C)C)cc2)C1. The Morgan fingerprint density at radius 2 is 1.86 bits per heavy atom. The lowest BCUT2D eigenvalue weighted by molar-refractivity contribution is 0.232. The van der Waals surface area contributed by atoms with Crippen molar-refractivity contribution >= 4 is 5.69 Å². The predicted octanol–water partition coefficient (Wildman–Crippen LogP) is 3.11. The molecule has 0 radical (unpaired) electrons. The highest BCUT2D eigenvalue weighted by Gasteiger charge is 2.26. The molecular weight excluding hydrogens is 258 g/mol. The van der Waals surface area contributed by atoms with E-state index in [1.54, 1.807) is 0 Å². The molecule has 2 rings (SSSR count). The molecule has 0 aromatic heterocycles. The topological polar surface area (TPSA) is 18.5 Å². The summed E-state index contributed by atoms with van der Waals surface area (Å²) in [5.74, 6) is 0. The molecule has 0 saturated carbocycles. The first-order valence-electron chi connectivity index (χ1n) is 8.45.